The number of nitrogens with zero attached hydrogens (tertiary/aromatic N) is 2. The molecule has 2 saturated heterocycles. The van der Waals surface area contributed by atoms with Crippen molar-refractivity contribution in [3.63, 3.8) is 0 Å². The first-order valence-electron chi connectivity index (χ1n) is 11.1. The number of carbonyl (C=O) groups is 1. The van der Waals surface area contributed by atoms with Gasteiger partial charge < -0.3 is 29.5 Å². The second-order valence-electron chi connectivity index (χ2n) is 8.44. The Hall–Kier alpha value is -2.52. The standard InChI is InChI=1S/C24H30ClN3O5/c25-20-3-7-22(8-4-20)33-18-24(30)16-27(11-13-31-17-24)15-19-1-5-21(6-2-19)32-14-12-28-10-9-26-23(28)29/h1-8,30H,9-18H2,(H,26,29)/t24-/m0/s1. The molecule has 4 rings (SSSR count). The average molecular weight is 476 g/mol. The highest BCUT2D eigenvalue weighted by Crippen LogP contribution is 2.21. The number of benzene rings is 2. The van der Waals surface area contributed by atoms with Gasteiger partial charge in [0.05, 0.1) is 19.8 Å². The molecule has 0 unspecified atom stereocenters. The van der Waals surface area contributed by atoms with E-state index in [1.807, 2.05) is 24.3 Å². The number of urea groups is 1. The van der Waals surface area contributed by atoms with Gasteiger partial charge in [-0.05, 0) is 42.0 Å². The maximum absolute atomic E-state index is 11.6. The Bertz CT molecular complexity index is 911. The average Bonchev–Trinajstić information content (AvgIpc) is 3.12. The Morgan fingerprint density at radius 1 is 1.06 bits per heavy atom. The number of hydrogen-bond donors (Lipinski definition) is 2. The van der Waals surface area contributed by atoms with Gasteiger partial charge in [-0.3, -0.25) is 4.90 Å². The summed E-state index contributed by atoms with van der Waals surface area (Å²) in [4.78, 5) is 15.5. The lowest BCUT2D eigenvalue weighted by Gasteiger charge is -2.30. The monoisotopic (exact) mass is 475 g/mol. The number of rotatable bonds is 9. The SMILES string of the molecule is O=C1NCCN1CCOc1ccc(CN2CCOC[C@](O)(COc3ccc(Cl)cc3)C2)cc1. The largest absolute Gasteiger partial charge is 0.492 e. The number of amides is 2. The molecule has 1 atom stereocenters. The van der Waals surface area contributed by atoms with Gasteiger partial charge in [-0.15, -0.1) is 0 Å². The van der Waals surface area contributed by atoms with Crippen LogP contribution in [0.2, 0.25) is 5.02 Å². The van der Waals surface area contributed by atoms with Crippen molar-refractivity contribution < 1.29 is 24.1 Å². The minimum absolute atomic E-state index is 0.0334. The zero-order valence-corrected chi connectivity index (χ0v) is 19.3. The van der Waals surface area contributed by atoms with E-state index in [4.69, 9.17) is 25.8 Å². The predicted octanol–water partition coefficient (Wildman–Crippen LogP) is 2.39. The van der Waals surface area contributed by atoms with Gasteiger partial charge in [0.25, 0.3) is 0 Å². The van der Waals surface area contributed by atoms with Crippen LogP contribution in [-0.4, -0.2) is 85.7 Å². The smallest absolute Gasteiger partial charge is 0.317 e. The molecule has 2 aliphatic rings. The molecule has 9 heteroatoms. The van der Waals surface area contributed by atoms with Gasteiger partial charge in [0.15, 0.2) is 0 Å². The summed E-state index contributed by atoms with van der Waals surface area (Å²) in [6, 6.07) is 15.0. The fourth-order valence-electron chi connectivity index (χ4n) is 3.91. The van der Waals surface area contributed by atoms with Gasteiger partial charge in [0.1, 0.15) is 30.3 Å². The highest BCUT2D eigenvalue weighted by Gasteiger charge is 2.33. The molecule has 0 aliphatic carbocycles. The number of aliphatic hydroxyl groups is 1. The fraction of sp³-hybridized carbons (Fsp3) is 0.458. The van der Waals surface area contributed by atoms with Crippen LogP contribution < -0.4 is 14.8 Å². The number of carbonyl (C=O) groups excluding carboxylic acids is 1. The molecule has 0 saturated carbocycles. The Morgan fingerprint density at radius 2 is 1.79 bits per heavy atom. The van der Waals surface area contributed by atoms with Crippen LogP contribution in [0.3, 0.4) is 0 Å². The van der Waals surface area contributed by atoms with E-state index < -0.39 is 5.60 Å². The Balaban J connectivity index is 1.26. The van der Waals surface area contributed by atoms with Gasteiger partial charge in [0, 0.05) is 37.7 Å². The Kier molecular flexibility index (Phi) is 7.93. The quantitative estimate of drug-likeness (QED) is 0.579. The van der Waals surface area contributed by atoms with E-state index in [9.17, 15) is 9.90 Å². The lowest BCUT2D eigenvalue weighted by molar-refractivity contribution is -0.0646. The van der Waals surface area contributed by atoms with Crippen LogP contribution in [0, 0.1) is 0 Å². The van der Waals surface area contributed by atoms with E-state index in [1.54, 1.807) is 29.2 Å². The third kappa shape index (κ3) is 6.98. The molecule has 178 valence electrons. The third-order valence-corrected chi connectivity index (χ3v) is 5.92. The molecule has 2 heterocycles. The van der Waals surface area contributed by atoms with Crippen LogP contribution in [0.1, 0.15) is 5.56 Å². The van der Waals surface area contributed by atoms with Gasteiger partial charge in [-0.2, -0.15) is 0 Å². The fourth-order valence-corrected chi connectivity index (χ4v) is 4.04. The zero-order chi connectivity index (χ0) is 23.1. The molecule has 0 radical (unpaired) electrons. The van der Waals surface area contributed by atoms with Gasteiger partial charge in [-0.25, -0.2) is 4.79 Å². The second-order valence-corrected chi connectivity index (χ2v) is 8.88. The van der Waals surface area contributed by atoms with Crippen molar-refractivity contribution in [2.24, 2.45) is 0 Å². The number of hydrogen-bond acceptors (Lipinski definition) is 6. The Morgan fingerprint density at radius 3 is 2.52 bits per heavy atom. The Labute approximate surface area is 199 Å². The van der Waals surface area contributed by atoms with Crippen molar-refractivity contribution in [1.82, 2.24) is 15.1 Å². The molecule has 0 spiro atoms. The molecule has 2 amide bonds. The summed E-state index contributed by atoms with van der Waals surface area (Å²) in [5, 5.41) is 14.5. The van der Waals surface area contributed by atoms with Crippen LogP contribution in [0.5, 0.6) is 11.5 Å². The van der Waals surface area contributed by atoms with Gasteiger partial charge in [0.2, 0.25) is 0 Å². The first-order chi connectivity index (χ1) is 16.0. The van der Waals surface area contributed by atoms with Crippen molar-refractivity contribution in [2.75, 3.05) is 59.2 Å². The third-order valence-electron chi connectivity index (χ3n) is 5.67. The van der Waals surface area contributed by atoms with Crippen LogP contribution >= 0.6 is 11.6 Å². The number of ether oxygens (including phenoxy) is 3. The van der Waals surface area contributed by atoms with Crippen LogP contribution in [-0.2, 0) is 11.3 Å². The van der Waals surface area contributed by atoms with Crippen LogP contribution in [0.4, 0.5) is 4.79 Å². The molecule has 2 aromatic carbocycles. The molecule has 8 nitrogen and oxygen atoms in total. The summed E-state index contributed by atoms with van der Waals surface area (Å²) in [6.45, 7) is 5.18. The molecule has 0 bridgehead atoms. The highest BCUT2D eigenvalue weighted by atomic mass is 35.5. The number of nitrogens with one attached hydrogen (secondary N) is 1. The van der Waals surface area contributed by atoms with Crippen LogP contribution in [0.15, 0.2) is 48.5 Å². The first-order valence-corrected chi connectivity index (χ1v) is 11.5. The summed E-state index contributed by atoms with van der Waals surface area (Å²) >= 11 is 5.92. The van der Waals surface area contributed by atoms with E-state index in [0.29, 0.717) is 50.2 Å². The number of halogens is 1. The highest BCUT2D eigenvalue weighted by molar-refractivity contribution is 6.30. The molecule has 2 fully saturated rings. The van der Waals surface area contributed by atoms with Crippen LogP contribution in [0.25, 0.3) is 0 Å². The van der Waals surface area contributed by atoms with E-state index >= 15 is 0 Å². The van der Waals surface area contributed by atoms with E-state index in [1.165, 1.54) is 0 Å². The summed E-state index contributed by atoms with van der Waals surface area (Å²) in [5.74, 6) is 1.43. The molecular weight excluding hydrogens is 446 g/mol. The summed E-state index contributed by atoms with van der Waals surface area (Å²) in [7, 11) is 0. The minimum Gasteiger partial charge on any atom is -0.492 e. The summed E-state index contributed by atoms with van der Waals surface area (Å²) in [6.07, 6.45) is 0. The summed E-state index contributed by atoms with van der Waals surface area (Å²) in [5.41, 5.74) is 0.00488. The lowest BCUT2D eigenvalue weighted by atomic mass is 10.1. The van der Waals surface area contributed by atoms with Crippen molar-refractivity contribution in [1.29, 1.82) is 0 Å². The summed E-state index contributed by atoms with van der Waals surface area (Å²) < 4.78 is 17.2. The minimum atomic E-state index is -1.11. The maximum atomic E-state index is 11.6. The predicted molar refractivity (Wildman–Crippen MR) is 125 cm³/mol. The maximum Gasteiger partial charge on any atom is 0.317 e. The van der Waals surface area contributed by atoms with Gasteiger partial charge >= 0.3 is 6.03 Å². The van der Waals surface area contributed by atoms with Crippen molar-refractivity contribution >= 4 is 17.6 Å². The first kappa shape index (κ1) is 23.6. The lowest BCUT2D eigenvalue weighted by Crippen LogP contribution is -2.48. The van der Waals surface area contributed by atoms with E-state index in [2.05, 4.69) is 10.2 Å². The molecule has 2 N–H and O–H groups in total. The van der Waals surface area contributed by atoms with E-state index in [-0.39, 0.29) is 19.2 Å². The molecular formula is C24H30ClN3O5. The van der Waals surface area contributed by atoms with E-state index in [0.717, 1.165) is 24.4 Å². The normalized spacial score (nSPS) is 21.5. The number of β-amino-alcohol motifs (C(OH)–C–C–N with tert-alkyl or cyclic N) is 1. The second kappa shape index (κ2) is 11.1. The molecule has 33 heavy (non-hydrogen) atoms. The van der Waals surface area contributed by atoms with Crippen molar-refractivity contribution in [3.8, 4) is 11.5 Å². The topological polar surface area (TPSA) is 83.5 Å². The molecule has 2 aliphatic heterocycles. The van der Waals surface area contributed by atoms with Gasteiger partial charge in [-0.1, -0.05) is 23.7 Å². The van der Waals surface area contributed by atoms with Crippen molar-refractivity contribution in [2.45, 2.75) is 12.1 Å². The van der Waals surface area contributed by atoms with Crippen molar-refractivity contribution in [3.05, 3.63) is 59.1 Å². The zero-order valence-electron chi connectivity index (χ0n) is 18.5. The molecule has 2 aromatic rings. The molecule has 0 aromatic heterocycles.